The number of hydrogen-bond donors (Lipinski definition) is 0. The molecule has 0 aliphatic heterocycles. The normalized spacial score (nSPS) is 16.0. The molecule has 0 unspecified atom stereocenters. The number of rotatable bonds is 6. The van der Waals surface area contributed by atoms with Crippen LogP contribution in [-0.4, -0.2) is 58.8 Å². The van der Waals surface area contributed by atoms with Crippen LogP contribution < -0.4 is 0 Å². The maximum absolute atomic E-state index is 13.3. The maximum Gasteiger partial charge on any atom is 0.472 e. The van der Waals surface area contributed by atoms with Crippen molar-refractivity contribution < 1.29 is 83.8 Å². The van der Waals surface area contributed by atoms with E-state index in [4.69, 9.17) is 0 Å². The topological polar surface area (TPSA) is 23.6 Å². The zero-order chi connectivity index (χ0) is 24.2. The molecule has 0 aromatic carbocycles. The number of hydrogen-bond acceptors (Lipinski definition) is 3. The van der Waals surface area contributed by atoms with Crippen molar-refractivity contribution in [2.45, 2.75) is 43.0 Å². The quantitative estimate of drug-likeness (QED) is 0.301. The predicted molar refractivity (Wildman–Crippen MR) is 47.7 cm³/mol. The van der Waals surface area contributed by atoms with Gasteiger partial charge in [0.25, 0.3) is 0 Å². The maximum atomic E-state index is 13.3. The molecule has 29 heavy (non-hydrogen) atoms. The Bertz CT molecular complexity index is 599. The molecule has 0 aromatic heterocycles. The zero-order valence-electron chi connectivity index (χ0n) is 12.1. The fourth-order valence-corrected chi connectivity index (χ4v) is 1.51. The van der Waals surface area contributed by atoms with E-state index in [0.29, 0.717) is 0 Å². The van der Waals surface area contributed by atoms with Crippen molar-refractivity contribution in [1.29, 1.82) is 0 Å². The van der Waals surface area contributed by atoms with Crippen LogP contribution in [0.5, 0.6) is 0 Å². The Morgan fingerprint density at radius 1 is 0.483 bits per heavy atom. The third-order valence-corrected chi connectivity index (χ3v) is 2.60. The molecule has 3 nitrogen and oxygen atoms in total. The molecule has 0 rings (SSSR count). The van der Waals surface area contributed by atoms with Gasteiger partial charge in [-0.05, 0) is 0 Å². The summed E-state index contributed by atoms with van der Waals surface area (Å²) >= 11 is 0. The van der Waals surface area contributed by atoms with E-state index in [2.05, 4.69) is 0 Å². The minimum Gasteiger partial charge on any atom is -0.252 e. The Balaban J connectivity index is 6.95. The number of halogens is 18. The Kier molecular flexibility index (Phi) is 6.54. The van der Waals surface area contributed by atoms with Crippen molar-refractivity contribution in [3.63, 3.8) is 0 Å². The summed E-state index contributed by atoms with van der Waals surface area (Å²) in [6, 6.07) is -29.2. The van der Waals surface area contributed by atoms with Crippen LogP contribution in [0.2, 0.25) is 0 Å². The molecule has 0 aromatic rings. The highest BCUT2D eigenvalue weighted by Gasteiger charge is 2.87. The lowest BCUT2D eigenvalue weighted by Gasteiger charge is -2.43. The predicted octanol–water partition coefficient (Wildman–Crippen LogP) is 5.06. The molecule has 21 heteroatoms. The second-order valence-electron chi connectivity index (χ2n) is 4.55. The van der Waals surface area contributed by atoms with E-state index in [1.165, 1.54) is 0 Å². The van der Waals surface area contributed by atoms with Crippen LogP contribution in [0.3, 0.4) is 0 Å². The molecule has 0 aliphatic carbocycles. The van der Waals surface area contributed by atoms with Gasteiger partial charge in [-0.2, -0.15) is 79.0 Å². The van der Waals surface area contributed by atoms with E-state index in [0.717, 1.165) is 0 Å². The van der Waals surface area contributed by atoms with Gasteiger partial charge in [0.2, 0.25) is 0 Å². The zero-order valence-corrected chi connectivity index (χ0v) is 12.1. The Labute approximate surface area is 144 Å². The minimum absolute atomic E-state index is 4.55. The summed E-state index contributed by atoms with van der Waals surface area (Å²) in [5.41, 5.74) is 0. The number of nitrogens with zero attached hydrogens (tertiary/aromatic N) is 2. The molecule has 0 aliphatic rings. The van der Waals surface area contributed by atoms with E-state index >= 15 is 0 Å². The van der Waals surface area contributed by atoms with E-state index in [1.54, 1.807) is 0 Å². The molecule has 0 N–H and O–H groups in total. The molecule has 0 atom stereocenters. The van der Waals surface area contributed by atoms with E-state index < -0.39 is 58.8 Å². The summed E-state index contributed by atoms with van der Waals surface area (Å²) < 4.78 is 226. The van der Waals surface area contributed by atoms with E-state index in [-0.39, 0.29) is 0 Å². The van der Waals surface area contributed by atoms with Crippen LogP contribution in [-0.2, 0) is 4.79 Å². The van der Waals surface area contributed by atoms with Gasteiger partial charge in [0.1, 0.15) is 0 Å². The number of carbonyl (C=O) groups excluding carboxylic acids is 1. The molecule has 0 amide bonds. The first-order valence-electron chi connectivity index (χ1n) is 5.70. The second-order valence-corrected chi connectivity index (χ2v) is 4.55. The van der Waals surface area contributed by atoms with Gasteiger partial charge in [-0.25, -0.2) is 0 Å². The highest BCUT2D eigenvalue weighted by atomic mass is 19.4. The lowest BCUT2D eigenvalue weighted by molar-refractivity contribution is -0.511. The summed E-state index contributed by atoms with van der Waals surface area (Å²) in [7, 11) is 0. The van der Waals surface area contributed by atoms with Crippen LogP contribution in [0.4, 0.5) is 79.0 Å². The smallest absolute Gasteiger partial charge is 0.252 e. The van der Waals surface area contributed by atoms with Gasteiger partial charge in [-0.3, -0.25) is 4.79 Å². The molecule has 0 bridgehead atoms. The largest absolute Gasteiger partial charge is 0.472 e. The lowest BCUT2D eigenvalue weighted by Crippen LogP contribution is -2.75. The van der Waals surface area contributed by atoms with Gasteiger partial charge in [0.05, 0.1) is 0 Å². The average molecular weight is 482 g/mol. The molecule has 0 heterocycles. The fraction of sp³-hybridized carbons (Fsp3) is 0.875. The highest BCUT2D eigenvalue weighted by molar-refractivity contribution is 5.75. The van der Waals surface area contributed by atoms with Crippen LogP contribution in [0.25, 0.3) is 0 Å². The van der Waals surface area contributed by atoms with Gasteiger partial charge < -0.3 is 0 Å². The first-order chi connectivity index (χ1) is 12.2. The molecular weight excluding hydrogens is 482 g/mol. The third kappa shape index (κ3) is 4.58. The van der Waals surface area contributed by atoms with Crippen molar-refractivity contribution in [1.82, 2.24) is 9.80 Å². The van der Waals surface area contributed by atoms with Gasteiger partial charge in [-0.1, -0.05) is 9.80 Å². The van der Waals surface area contributed by atoms with Crippen LogP contribution in [0, 0.1) is 0 Å². The van der Waals surface area contributed by atoms with Crippen molar-refractivity contribution >= 4 is 6.04 Å². The third-order valence-electron chi connectivity index (χ3n) is 2.60. The Morgan fingerprint density at radius 3 is 0.931 bits per heavy atom. The van der Waals surface area contributed by atoms with Crippen LogP contribution in [0.1, 0.15) is 0 Å². The highest BCUT2D eigenvalue weighted by Crippen LogP contribution is 2.57. The fourth-order valence-electron chi connectivity index (χ4n) is 1.51. The monoisotopic (exact) mass is 482 g/mol. The standard InChI is InChI=1S/C8F18N2O/c9-1(29)2(10,11)27(6(18,19)20)4(14,15)3(12,13)5(16,17)28(7(21,22)23)8(24,25)26. The molecule has 0 radical (unpaired) electrons. The van der Waals surface area contributed by atoms with Crippen molar-refractivity contribution in [3.8, 4) is 0 Å². The summed E-state index contributed by atoms with van der Waals surface area (Å²) in [5.74, 6) is -8.63. The summed E-state index contributed by atoms with van der Waals surface area (Å²) in [5, 5.41) is 0. The Morgan fingerprint density at radius 2 is 0.724 bits per heavy atom. The number of carbonyl (C=O) groups is 1. The molecule has 0 spiro atoms. The second kappa shape index (κ2) is 6.94. The first kappa shape index (κ1) is 27.3. The minimum atomic E-state index is -8.63. The summed E-state index contributed by atoms with van der Waals surface area (Å²) in [4.78, 5) is 0.581. The van der Waals surface area contributed by atoms with E-state index in [9.17, 15) is 83.8 Å². The van der Waals surface area contributed by atoms with Gasteiger partial charge in [0.15, 0.2) is 0 Å². The van der Waals surface area contributed by atoms with Crippen molar-refractivity contribution in [3.05, 3.63) is 0 Å². The average Bonchev–Trinajstić information content (AvgIpc) is 2.30. The van der Waals surface area contributed by atoms with Gasteiger partial charge in [0, 0.05) is 0 Å². The summed E-state index contributed by atoms with van der Waals surface area (Å²) in [6.45, 7) is 0. The molecular formula is C8F18N2O. The van der Waals surface area contributed by atoms with Crippen LogP contribution >= 0.6 is 0 Å². The van der Waals surface area contributed by atoms with E-state index in [1.807, 2.05) is 0 Å². The molecule has 0 fully saturated rings. The van der Waals surface area contributed by atoms with Crippen molar-refractivity contribution in [2.24, 2.45) is 0 Å². The number of alkyl halides is 17. The van der Waals surface area contributed by atoms with Gasteiger partial charge in [-0.15, -0.1) is 0 Å². The Hall–Kier alpha value is -1.67. The molecule has 174 valence electrons. The SMILES string of the molecule is O=C(F)C(F)(F)N(C(F)(F)F)C(F)(F)C(F)(F)C(F)(F)N(C(F)(F)F)C(F)(F)F. The summed E-state index contributed by atoms with van der Waals surface area (Å²) in [6.07, 6.45) is -23.2. The van der Waals surface area contributed by atoms with Crippen LogP contribution in [0.15, 0.2) is 0 Å². The van der Waals surface area contributed by atoms with Gasteiger partial charge >= 0.3 is 49.0 Å². The van der Waals surface area contributed by atoms with Crippen molar-refractivity contribution in [2.75, 3.05) is 0 Å². The lowest BCUT2D eigenvalue weighted by atomic mass is 10.1. The first-order valence-corrected chi connectivity index (χ1v) is 5.70. The molecule has 0 saturated carbocycles. The molecule has 0 saturated heterocycles.